The third-order valence-electron chi connectivity index (χ3n) is 14.2. The van der Waals surface area contributed by atoms with Crippen LogP contribution in [0.1, 0.15) is 91.5 Å². The van der Waals surface area contributed by atoms with Gasteiger partial charge in [0.1, 0.15) is 46.5 Å². The maximum atomic E-state index is 14.3. The summed E-state index contributed by atoms with van der Waals surface area (Å²) in [5.41, 5.74) is -1.13. The van der Waals surface area contributed by atoms with E-state index < -0.39 is 76.8 Å². The number of nitrogens with one attached hydrogen (secondary N) is 1. The zero-order valence-electron chi connectivity index (χ0n) is 39.8. The van der Waals surface area contributed by atoms with E-state index in [1.807, 2.05) is 13.0 Å². The predicted molar refractivity (Wildman–Crippen MR) is 249 cm³/mol. The molecule has 5 amide bonds. The Balaban J connectivity index is 1.16. The van der Waals surface area contributed by atoms with Crippen molar-refractivity contribution in [3.63, 3.8) is 0 Å². The van der Waals surface area contributed by atoms with E-state index in [0.29, 0.717) is 24.4 Å². The number of halogens is 1. The molecule has 1 aliphatic carbocycles. The highest BCUT2D eigenvalue weighted by Crippen LogP contribution is 2.49. The number of anilines is 1. The fraction of sp³-hybridized carbons (Fsp3) is 0.646. The number of epoxide rings is 1. The monoisotopic (exact) mass is 972 g/mol. The zero-order chi connectivity index (χ0) is 49.1. The first kappa shape index (κ1) is 51.9. The molecule has 4 aliphatic heterocycles. The van der Waals surface area contributed by atoms with Crippen LogP contribution >= 0.6 is 23.4 Å². The van der Waals surface area contributed by atoms with E-state index in [1.54, 1.807) is 52.1 Å². The number of carbonyl (C=O) groups excluding carboxylic acids is 7. The SMILES string of the molecule is COc1cc2cc(c1Cl)N(C)C(=O)CC(OC(=O)C(C)N(C)C(=O)CCSC1CC(=O)N(CC3CCC(C(C)=O)CC3)C1=O)C1(C)OC1C(C)C1CC(O)(NC(=O)O1)C(OC)/C=C/C=C(\C)C2. The standard InChI is InChI=1S/C48H65ClN4O13S/c1-26-11-10-12-37(63-9)48(61)24-35(64-46(60)50-48)27(2)43-47(5,66-43)38(23-40(56)52(7)33-20-31(19-26)21-34(62-8)42(33)49)65-45(59)28(3)51(6)39(55)17-18-67-36-22-41(57)53(44(36)58)25-30-13-15-32(16-14-30)29(4)54/h10-12,20-21,27-28,30,32,35-38,43,61H,13-19,22-25H2,1-9H3,(H,50,60)/b12-10+,26-11+. The van der Waals surface area contributed by atoms with Gasteiger partial charge in [0, 0.05) is 64.6 Å². The second kappa shape index (κ2) is 21.4. The second-order valence-electron chi connectivity index (χ2n) is 18.9. The van der Waals surface area contributed by atoms with Gasteiger partial charge in [-0.1, -0.05) is 42.3 Å². The number of alkyl carbamates (subject to hydrolysis) is 1. The van der Waals surface area contributed by atoms with Gasteiger partial charge in [-0.05, 0) is 83.4 Å². The molecule has 1 aromatic carbocycles. The number of ketones is 1. The first-order valence-corrected chi connectivity index (χ1v) is 24.3. The number of allylic oxidation sites excluding steroid dienone is 3. The van der Waals surface area contributed by atoms with Crippen molar-refractivity contribution in [2.45, 2.75) is 139 Å². The van der Waals surface area contributed by atoms with Gasteiger partial charge in [-0.15, -0.1) is 11.8 Å². The molecule has 368 valence electrons. The molecule has 4 bridgehead atoms. The van der Waals surface area contributed by atoms with Crippen LogP contribution in [0.4, 0.5) is 10.5 Å². The van der Waals surface area contributed by atoms with E-state index in [-0.39, 0.29) is 65.9 Å². The number of Topliss-reactive ketones (excluding diaryl/α,β-unsaturated/α-hetero) is 1. The number of hydrogen-bond acceptors (Lipinski definition) is 14. The van der Waals surface area contributed by atoms with Crippen molar-refractivity contribution in [3.8, 4) is 5.75 Å². The number of nitrogens with zero attached hydrogens (tertiary/aromatic N) is 3. The maximum Gasteiger partial charge on any atom is 0.409 e. The summed E-state index contributed by atoms with van der Waals surface area (Å²) in [7, 11) is 5.91. The lowest BCUT2D eigenvalue weighted by Gasteiger charge is -2.42. The molecule has 9 atom stereocenters. The number of esters is 1. The number of rotatable bonds is 12. The van der Waals surface area contributed by atoms with Gasteiger partial charge in [-0.3, -0.25) is 34.2 Å². The highest BCUT2D eigenvalue weighted by atomic mass is 35.5. The van der Waals surface area contributed by atoms with Crippen molar-refractivity contribution < 1.29 is 62.4 Å². The number of ether oxygens (including phenoxy) is 5. The second-order valence-corrected chi connectivity index (χ2v) is 20.6. The Morgan fingerprint density at radius 3 is 2.45 bits per heavy atom. The fourth-order valence-corrected chi connectivity index (χ4v) is 11.1. The number of imide groups is 1. The number of carbonyl (C=O) groups is 7. The van der Waals surface area contributed by atoms with Crippen molar-refractivity contribution in [3.05, 3.63) is 46.5 Å². The molecule has 2 N–H and O–H groups in total. The van der Waals surface area contributed by atoms with Gasteiger partial charge in [0.15, 0.2) is 5.72 Å². The number of fused-ring (bicyclic) bond motifs is 5. The van der Waals surface area contributed by atoms with Crippen LogP contribution in [0, 0.1) is 17.8 Å². The number of methoxy groups -OCH3 is 2. The van der Waals surface area contributed by atoms with Gasteiger partial charge < -0.3 is 38.6 Å². The van der Waals surface area contributed by atoms with Crippen molar-refractivity contribution in [1.82, 2.24) is 15.1 Å². The van der Waals surface area contributed by atoms with Crippen molar-refractivity contribution in [2.75, 3.05) is 45.5 Å². The number of likely N-dealkylation sites (N-methyl/N-ethyl adjacent to an activating group) is 1. The lowest BCUT2D eigenvalue weighted by atomic mass is 9.80. The van der Waals surface area contributed by atoms with Crippen LogP contribution in [-0.2, 0) is 54.1 Å². The number of likely N-dealkylation sites (tertiary alicyclic amines) is 1. The summed E-state index contributed by atoms with van der Waals surface area (Å²) in [5, 5.41) is 13.9. The first-order chi connectivity index (χ1) is 31.6. The average molecular weight is 974 g/mol. The third-order valence-corrected chi connectivity index (χ3v) is 15.8. The summed E-state index contributed by atoms with van der Waals surface area (Å²) in [6.07, 6.45) is 3.60. The molecule has 19 heteroatoms. The molecule has 9 unspecified atom stereocenters. The van der Waals surface area contributed by atoms with Crippen LogP contribution in [0.25, 0.3) is 0 Å². The summed E-state index contributed by atoms with van der Waals surface area (Å²) in [6, 6.07) is 2.43. The Morgan fingerprint density at radius 1 is 1.09 bits per heavy atom. The van der Waals surface area contributed by atoms with E-state index in [2.05, 4.69) is 5.32 Å². The lowest BCUT2D eigenvalue weighted by Crippen LogP contribution is -2.63. The Hall–Kier alpha value is -4.49. The van der Waals surface area contributed by atoms with Crippen LogP contribution < -0.4 is 15.0 Å². The van der Waals surface area contributed by atoms with Crippen molar-refractivity contribution >= 4 is 70.5 Å². The predicted octanol–water partition coefficient (Wildman–Crippen LogP) is 5.16. The summed E-state index contributed by atoms with van der Waals surface area (Å²) in [5.74, 6) is -1.84. The van der Waals surface area contributed by atoms with Crippen molar-refractivity contribution in [2.24, 2.45) is 17.8 Å². The van der Waals surface area contributed by atoms with Crippen LogP contribution in [0.3, 0.4) is 0 Å². The van der Waals surface area contributed by atoms with Crippen LogP contribution in [-0.4, -0.2) is 144 Å². The summed E-state index contributed by atoms with van der Waals surface area (Å²) < 4.78 is 29.4. The Bertz CT molecular complexity index is 2160. The lowest BCUT2D eigenvalue weighted by molar-refractivity contribution is -0.162. The zero-order valence-corrected chi connectivity index (χ0v) is 41.4. The van der Waals surface area contributed by atoms with Crippen LogP contribution in [0.2, 0.25) is 5.02 Å². The molecule has 4 heterocycles. The highest BCUT2D eigenvalue weighted by molar-refractivity contribution is 8.00. The minimum atomic E-state index is -1.87. The molecule has 3 saturated heterocycles. The van der Waals surface area contributed by atoms with Gasteiger partial charge >= 0.3 is 12.1 Å². The normalized spacial score (nSPS) is 33.1. The fourth-order valence-electron chi connectivity index (χ4n) is 9.67. The largest absolute Gasteiger partial charge is 0.495 e. The Labute approximate surface area is 401 Å². The summed E-state index contributed by atoms with van der Waals surface area (Å²) >= 11 is 8.04. The first-order valence-electron chi connectivity index (χ1n) is 22.9. The van der Waals surface area contributed by atoms with E-state index in [9.17, 15) is 38.7 Å². The summed E-state index contributed by atoms with van der Waals surface area (Å²) in [4.78, 5) is 96.8. The summed E-state index contributed by atoms with van der Waals surface area (Å²) in [6.45, 7) is 8.82. The van der Waals surface area contributed by atoms with E-state index in [0.717, 1.165) is 36.8 Å². The van der Waals surface area contributed by atoms with E-state index >= 15 is 0 Å². The van der Waals surface area contributed by atoms with Gasteiger partial charge in [0.25, 0.3) is 0 Å². The quantitative estimate of drug-likeness (QED) is 0.158. The van der Waals surface area contributed by atoms with E-state index in [1.165, 1.54) is 54.7 Å². The number of aliphatic hydroxyl groups is 1. The molecule has 1 aromatic rings. The molecular weight excluding hydrogens is 908 g/mol. The topological polar surface area (TPSA) is 211 Å². The van der Waals surface area contributed by atoms with Crippen LogP contribution in [0.15, 0.2) is 35.9 Å². The molecule has 5 aliphatic rings. The molecule has 17 nitrogen and oxygen atoms in total. The van der Waals surface area contributed by atoms with Crippen LogP contribution in [0.5, 0.6) is 5.75 Å². The molecule has 0 aromatic heterocycles. The molecule has 0 radical (unpaired) electrons. The number of hydrogen-bond donors (Lipinski definition) is 2. The molecule has 6 rings (SSSR count). The molecular formula is C48H65ClN4O13S. The van der Waals surface area contributed by atoms with Gasteiger partial charge in [0.05, 0.1) is 30.6 Å². The maximum absolute atomic E-state index is 14.3. The average Bonchev–Trinajstić information content (AvgIpc) is 3.91. The van der Waals surface area contributed by atoms with Gasteiger partial charge in [0.2, 0.25) is 23.6 Å². The Kier molecular flexibility index (Phi) is 16.6. The third kappa shape index (κ3) is 11.7. The Morgan fingerprint density at radius 2 is 1.79 bits per heavy atom. The molecule has 67 heavy (non-hydrogen) atoms. The number of amides is 5. The highest BCUT2D eigenvalue weighted by Gasteiger charge is 2.64. The van der Waals surface area contributed by atoms with Gasteiger partial charge in [-0.2, -0.15) is 0 Å². The minimum absolute atomic E-state index is 0.0292. The molecule has 4 fully saturated rings. The molecule has 0 spiro atoms. The smallest absolute Gasteiger partial charge is 0.409 e. The van der Waals surface area contributed by atoms with E-state index in [4.69, 9.17) is 35.3 Å². The van der Waals surface area contributed by atoms with Crippen molar-refractivity contribution in [1.29, 1.82) is 0 Å². The number of thioether (sulfide) groups is 1. The minimum Gasteiger partial charge on any atom is -0.495 e. The van der Waals surface area contributed by atoms with Gasteiger partial charge in [-0.25, -0.2) is 9.59 Å². The molecule has 1 saturated carbocycles. The number of benzene rings is 1.